The van der Waals surface area contributed by atoms with E-state index in [0.717, 1.165) is 0 Å². The molecule has 2 aromatic rings. The van der Waals surface area contributed by atoms with E-state index in [4.69, 9.17) is 4.74 Å². The summed E-state index contributed by atoms with van der Waals surface area (Å²) in [5.41, 5.74) is 0.674. The van der Waals surface area contributed by atoms with E-state index in [-0.39, 0.29) is 29.3 Å². The van der Waals surface area contributed by atoms with E-state index in [1.54, 1.807) is 11.0 Å². The lowest BCUT2D eigenvalue weighted by Gasteiger charge is -2.28. The summed E-state index contributed by atoms with van der Waals surface area (Å²) in [5.74, 6) is -0.691. The summed E-state index contributed by atoms with van der Waals surface area (Å²) in [5, 5.41) is 3.60. The molecule has 0 aliphatic carbocycles. The highest BCUT2D eigenvalue weighted by molar-refractivity contribution is 6.06. The molecule has 2 saturated heterocycles. The molecule has 2 bridgehead atoms. The van der Waals surface area contributed by atoms with Crippen LogP contribution in [-0.4, -0.2) is 54.0 Å². The summed E-state index contributed by atoms with van der Waals surface area (Å²) >= 11 is 0. The third kappa shape index (κ3) is 2.56. The van der Waals surface area contributed by atoms with Crippen molar-refractivity contribution in [2.75, 3.05) is 26.3 Å². The highest BCUT2D eigenvalue weighted by atomic mass is 16.5. The van der Waals surface area contributed by atoms with Crippen LogP contribution in [0, 0.1) is 5.92 Å². The molecule has 3 heterocycles. The molecule has 2 aliphatic heterocycles. The molecule has 1 aromatic carbocycles. The lowest BCUT2D eigenvalue weighted by Crippen LogP contribution is -2.44. The molecular formula is C17H17N3O4. The van der Waals surface area contributed by atoms with Crippen molar-refractivity contribution in [1.82, 2.24) is 15.2 Å². The van der Waals surface area contributed by atoms with Crippen molar-refractivity contribution >= 4 is 22.7 Å². The fourth-order valence-electron chi connectivity index (χ4n) is 3.35. The maximum absolute atomic E-state index is 13.0. The molecule has 7 nitrogen and oxygen atoms in total. The smallest absolute Gasteiger partial charge is 0.254 e. The Kier molecular flexibility index (Phi) is 3.57. The number of hydrogen-bond acceptors (Lipinski definition) is 4. The van der Waals surface area contributed by atoms with Crippen molar-refractivity contribution in [3.05, 3.63) is 46.2 Å². The number of amides is 2. The number of hydrogen-bond donors (Lipinski definition) is 2. The molecule has 1 aromatic heterocycles. The zero-order valence-corrected chi connectivity index (χ0v) is 13.0. The van der Waals surface area contributed by atoms with E-state index in [9.17, 15) is 14.4 Å². The predicted molar refractivity (Wildman–Crippen MR) is 86.7 cm³/mol. The second-order valence-electron chi connectivity index (χ2n) is 6.24. The second kappa shape index (κ2) is 5.76. The molecule has 2 atom stereocenters. The predicted octanol–water partition coefficient (Wildman–Crippen LogP) is 0.115. The first-order valence-corrected chi connectivity index (χ1v) is 7.91. The topological polar surface area (TPSA) is 91.5 Å². The molecule has 2 N–H and O–H groups in total. The highest BCUT2D eigenvalue weighted by Gasteiger charge is 2.35. The van der Waals surface area contributed by atoms with Gasteiger partial charge in [-0.05, 0) is 6.07 Å². The van der Waals surface area contributed by atoms with Crippen LogP contribution in [0.4, 0.5) is 0 Å². The molecular weight excluding hydrogens is 310 g/mol. The number of nitrogens with zero attached hydrogens (tertiary/aromatic N) is 1. The van der Waals surface area contributed by atoms with Crippen LogP contribution in [0.3, 0.4) is 0 Å². The number of H-pyrrole nitrogens is 1. The third-order valence-electron chi connectivity index (χ3n) is 4.50. The fraction of sp³-hybridized carbons (Fsp3) is 0.353. The molecule has 0 radical (unpaired) electrons. The highest BCUT2D eigenvalue weighted by Crippen LogP contribution is 2.20. The van der Waals surface area contributed by atoms with Gasteiger partial charge in [0.15, 0.2) is 0 Å². The minimum atomic E-state index is -0.380. The SMILES string of the molecule is O=C1N[C@@H]2COC[C@H]1CN(C(=O)c1cc(=O)[nH]c3ccccc13)C2. The largest absolute Gasteiger partial charge is 0.378 e. The van der Waals surface area contributed by atoms with Gasteiger partial charge in [0.25, 0.3) is 5.91 Å². The van der Waals surface area contributed by atoms with Crippen LogP contribution in [-0.2, 0) is 9.53 Å². The second-order valence-corrected chi connectivity index (χ2v) is 6.24. The molecule has 124 valence electrons. The van der Waals surface area contributed by atoms with Crippen molar-refractivity contribution in [1.29, 1.82) is 0 Å². The lowest BCUT2D eigenvalue weighted by atomic mass is 10.1. The van der Waals surface area contributed by atoms with Crippen molar-refractivity contribution < 1.29 is 14.3 Å². The maximum Gasteiger partial charge on any atom is 0.254 e. The van der Waals surface area contributed by atoms with Gasteiger partial charge < -0.3 is 19.9 Å². The van der Waals surface area contributed by atoms with E-state index < -0.39 is 0 Å². The van der Waals surface area contributed by atoms with E-state index in [2.05, 4.69) is 10.3 Å². The third-order valence-corrected chi connectivity index (χ3v) is 4.50. The Morgan fingerprint density at radius 1 is 1.17 bits per heavy atom. The fourth-order valence-corrected chi connectivity index (χ4v) is 3.35. The van der Waals surface area contributed by atoms with Crippen LogP contribution < -0.4 is 10.9 Å². The summed E-state index contributed by atoms with van der Waals surface area (Å²) in [7, 11) is 0. The van der Waals surface area contributed by atoms with E-state index in [1.807, 2.05) is 18.2 Å². The van der Waals surface area contributed by atoms with Gasteiger partial charge in [0.05, 0.1) is 30.7 Å². The van der Waals surface area contributed by atoms with Crippen LogP contribution in [0.5, 0.6) is 0 Å². The number of fused-ring (bicyclic) bond motifs is 4. The van der Waals surface area contributed by atoms with Crippen molar-refractivity contribution in [3.63, 3.8) is 0 Å². The summed E-state index contributed by atoms with van der Waals surface area (Å²) in [6.07, 6.45) is 0. The Bertz CT molecular complexity index is 876. The summed E-state index contributed by atoms with van der Waals surface area (Å²) < 4.78 is 5.48. The molecule has 24 heavy (non-hydrogen) atoms. The van der Waals surface area contributed by atoms with Gasteiger partial charge >= 0.3 is 0 Å². The van der Waals surface area contributed by atoms with E-state index >= 15 is 0 Å². The average Bonchev–Trinajstić information content (AvgIpc) is 2.81. The Morgan fingerprint density at radius 3 is 2.88 bits per heavy atom. The number of pyridine rings is 1. The van der Waals surface area contributed by atoms with Crippen LogP contribution in [0.15, 0.2) is 35.1 Å². The molecule has 0 saturated carbocycles. The van der Waals surface area contributed by atoms with E-state index in [1.165, 1.54) is 6.07 Å². The number of nitrogens with one attached hydrogen (secondary N) is 2. The van der Waals surface area contributed by atoms with Crippen molar-refractivity contribution in [3.8, 4) is 0 Å². The molecule has 2 amide bonds. The molecule has 4 rings (SSSR count). The molecule has 7 heteroatoms. The zero-order valence-electron chi connectivity index (χ0n) is 13.0. The van der Waals surface area contributed by atoms with Crippen LogP contribution in [0.25, 0.3) is 10.9 Å². The van der Waals surface area contributed by atoms with Gasteiger partial charge in [-0.25, -0.2) is 0 Å². The van der Waals surface area contributed by atoms with Gasteiger partial charge in [0, 0.05) is 30.1 Å². The Balaban J connectivity index is 1.74. The number of ether oxygens (including phenoxy) is 1. The van der Waals surface area contributed by atoms with Crippen LogP contribution in [0.1, 0.15) is 10.4 Å². The number of carbonyl (C=O) groups is 2. The number of aromatic amines is 1. The maximum atomic E-state index is 13.0. The quantitative estimate of drug-likeness (QED) is 0.778. The number of benzene rings is 1. The monoisotopic (exact) mass is 327 g/mol. The van der Waals surface area contributed by atoms with Gasteiger partial charge in [-0.3, -0.25) is 14.4 Å². The van der Waals surface area contributed by atoms with Gasteiger partial charge in [0.1, 0.15) is 0 Å². The van der Waals surface area contributed by atoms with Crippen molar-refractivity contribution in [2.24, 2.45) is 5.92 Å². The lowest BCUT2D eigenvalue weighted by molar-refractivity contribution is -0.125. The minimum absolute atomic E-state index is 0.0800. The average molecular weight is 327 g/mol. The van der Waals surface area contributed by atoms with Gasteiger partial charge in [-0.2, -0.15) is 0 Å². The van der Waals surface area contributed by atoms with Crippen LogP contribution >= 0.6 is 0 Å². The standard InChI is InChI=1S/C17H17N3O4/c21-15-5-13(12-3-1-2-4-14(12)19-15)17(23)20-6-10-8-24-9-11(7-20)18-16(10)22/h1-5,10-11H,6-9H2,(H,18,22)(H,19,21)/t10-,11+/m1/s1. The first-order chi connectivity index (χ1) is 11.6. The first kappa shape index (κ1) is 14.9. The Hall–Kier alpha value is -2.67. The van der Waals surface area contributed by atoms with Gasteiger partial charge in [0.2, 0.25) is 11.5 Å². The van der Waals surface area contributed by atoms with E-state index in [0.29, 0.717) is 42.8 Å². The van der Waals surface area contributed by atoms with Crippen LogP contribution in [0.2, 0.25) is 0 Å². The first-order valence-electron chi connectivity index (χ1n) is 7.91. The molecule has 2 fully saturated rings. The summed E-state index contributed by atoms with van der Waals surface area (Å²) in [4.78, 5) is 41.4. The number of aromatic nitrogens is 1. The Morgan fingerprint density at radius 2 is 2.00 bits per heavy atom. The number of carbonyl (C=O) groups excluding carboxylic acids is 2. The van der Waals surface area contributed by atoms with Gasteiger partial charge in [-0.1, -0.05) is 18.2 Å². The molecule has 2 aliphatic rings. The van der Waals surface area contributed by atoms with Gasteiger partial charge in [-0.15, -0.1) is 0 Å². The Labute approximate surface area is 137 Å². The summed E-state index contributed by atoms with van der Waals surface area (Å²) in [6.45, 7) is 1.37. The zero-order chi connectivity index (χ0) is 16.7. The number of rotatable bonds is 1. The minimum Gasteiger partial charge on any atom is -0.378 e. The number of para-hydroxylation sites is 1. The van der Waals surface area contributed by atoms with Crippen molar-refractivity contribution in [2.45, 2.75) is 6.04 Å². The summed E-state index contributed by atoms with van der Waals surface area (Å²) in [6, 6.07) is 8.32. The normalized spacial score (nSPS) is 23.7. The molecule has 0 spiro atoms. The molecule has 0 unspecified atom stereocenters.